The molecule has 170 valence electrons. The Hall–Kier alpha value is -1.85. The van der Waals surface area contributed by atoms with Crippen LogP contribution >= 0.6 is 11.3 Å². The van der Waals surface area contributed by atoms with Crippen LogP contribution in [0.25, 0.3) is 0 Å². The predicted octanol–water partition coefficient (Wildman–Crippen LogP) is 2.80. The first kappa shape index (κ1) is 23.8. The number of methoxy groups -OCH3 is 1. The first-order valence-corrected chi connectivity index (χ1v) is 12.7. The lowest BCUT2D eigenvalue weighted by molar-refractivity contribution is 0.102. The van der Waals surface area contributed by atoms with Gasteiger partial charge in [0.15, 0.2) is 5.13 Å². The number of ether oxygens (including phenoxy) is 1. The van der Waals surface area contributed by atoms with Crippen molar-refractivity contribution in [2.24, 2.45) is 11.8 Å². The van der Waals surface area contributed by atoms with E-state index in [0.29, 0.717) is 22.5 Å². The topological polar surface area (TPSA) is 101 Å². The van der Waals surface area contributed by atoms with Crippen LogP contribution in [0.2, 0.25) is 0 Å². The first-order valence-electron chi connectivity index (χ1n) is 10.3. The number of aromatic nitrogens is 1. The van der Waals surface area contributed by atoms with Crippen LogP contribution in [0.5, 0.6) is 0 Å². The number of hydrogen-bond acceptors (Lipinski definition) is 7. The number of likely N-dealkylation sites (tertiary alicyclic amines) is 1. The number of nitrogens with one attached hydrogen (secondary N) is 2. The minimum absolute atomic E-state index is 0.0988. The van der Waals surface area contributed by atoms with Crippen molar-refractivity contribution >= 4 is 32.4 Å². The fourth-order valence-electron chi connectivity index (χ4n) is 3.90. The van der Waals surface area contributed by atoms with Gasteiger partial charge in [0, 0.05) is 44.2 Å². The minimum atomic E-state index is -3.63. The summed E-state index contributed by atoms with van der Waals surface area (Å²) in [7, 11) is -2.13. The Bertz CT molecular complexity index is 966. The maximum absolute atomic E-state index is 12.5. The Kier molecular flexibility index (Phi) is 8.17. The summed E-state index contributed by atoms with van der Waals surface area (Å²) in [6.07, 6.45) is 1.26. The van der Waals surface area contributed by atoms with Crippen molar-refractivity contribution in [1.82, 2.24) is 14.6 Å². The summed E-state index contributed by atoms with van der Waals surface area (Å²) < 4.78 is 31.7. The molecule has 1 saturated heterocycles. The monoisotopic (exact) mass is 466 g/mol. The van der Waals surface area contributed by atoms with E-state index in [4.69, 9.17) is 4.74 Å². The van der Waals surface area contributed by atoms with Crippen LogP contribution in [0.3, 0.4) is 0 Å². The van der Waals surface area contributed by atoms with Crippen LogP contribution < -0.4 is 10.0 Å². The Morgan fingerprint density at radius 1 is 1.23 bits per heavy atom. The largest absolute Gasteiger partial charge is 0.383 e. The molecule has 0 saturated carbocycles. The van der Waals surface area contributed by atoms with E-state index in [2.05, 4.69) is 33.8 Å². The van der Waals surface area contributed by atoms with Gasteiger partial charge in [0.05, 0.1) is 17.2 Å². The van der Waals surface area contributed by atoms with Crippen molar-refractivity contribution < 1.29 is 17.9 Å². The molecular weight excluding hydrogens is 436 g/mol. The van der Waals surface area contributed by atoms with E-state index in [9.17, 15) is 13.2 Å². The third kappa shape index (κ3) is 6.81. The van der Waals surface area contributed by atoms with Crippen LogP contribution in [0.15, 0.2) is 34.5 Å². The number of benzene rings is 1. The highest BCUT2D eigenvalue weighted by atomic mass is 32.2. The third-order valence-electron chi connectivity index (χ3n) is 5.13. The molecule has 2 aromatic rings. The summed E-state index contributed by atoms with van der Waals surface area (Å²) in [5.74, 6) is 1.05. The van der Waals surface area contributed by atoms with E-state index in [1.165, 1.54) is 49.1 Å². The molecule has 0 unspecified atom stereocenters. The van der Waals surface area contributed by atoms with Gasteiger partial charge in [-0.25, -0.2) is 18.1 Å². The zero-order valence-electron chi connectivity index (χ0n) is 18.1. The van der Waals surface area contributed by atoms with Gasteiger partial charge < -0.3 is 4.74 Å². The molecule has 2 atom stereocenters. The molecule has 2 N–H and O–H groups in total. The van der Waals surface area contributed by atoms with Crippen LogP contribution in [-0.2, 0) is 21.3 Å². The lowest BCUT2D eigenvalue weighted by Gasteiger charge is -2.34. The number of sulfonamides is 1. The summed E-state index contributed by atoms with van der Waals surface area (Å²) in [6, 6.07) is 5.81. The van der Waals surface area contributed by atoms with E-state index < -0.39 is 10.0 Å². The molecule has 1 aliphatic heterocycles. The summed E-state index contributed by atoms with van der Waals surface area (Å²) in [5, 5.41) is 5.31. The maximum atomic E-state index is 12.5. The summed E-state index contributed by atoms with van der Waals surface area (Å²) in [5.41, 5.74) is 1.32. The van der Waals surface area contributed by atoms with Crippen LogP contribution in [0.1, 0.15) is 36.3 Å². The van der Waals surface area contributed by atoms with Crippen molar-refractivity contribution in [3.63, 3.8) is 0 Å². The van der Waals surface area contributed by atoms with Crippen molar-refractivity contribution in [3.8, 4) is 0 Å². The molecule has 1 aromatic heterocycles. The van der Waals surface area contributed by atoms with Gasteiger partial charge in [-0.3, -0.25) is 15.0 Å². The Morgan fingerprint density at radius 2 is 1.90 bits per heavy atom. The van der Waals surface area contributed by atoms with Gasteiger partial charge in [-0.2, -0.15) is 0 Å². The van der Waals surface area contributed by atoms with Gasteiger partial charge >= 0.3 is 0 Å². The number of rotatable bonds is 9. The molecule has 1 amide bonds. The molecule has 1 aliphatic rings. The molecule has 0 spiro atoms. The summed E-state index contributed by atoms with van der Waals surface area (Å²) in [6.45, 7) is 7.94. The Balaban J connectivity index is 1.57. The van der Waals surface area contributed by atoms with Gasteiger partial charge in [-0.15, -0.1) is 11.3 Å². The highest BCUT2D eigenvalue weighted by Crippen LogP contribution is 2.24. The molecule has 10 heteroatoms. The molecule has 3 rings (SSSR count). The number of amides is 1. The zero-order chi connectivity index (χ0) is 22.4. The van der Waals surface area contributed by atoms with Crippen LogP contribution in [0.4, 0.5) is 5.13 Å². The average Bonchev–Trinajstić information content (AvgIpc) is 3.14. The number of carbonyl (C=O) groups excluding carboxylic acids is 1. The van der Waals surface area contributed by atoms with E-state index in [0.717, 1.165) is 25.3 Å². The fraction of sp³-hybridized carbons (Fsp3) is 0.524. The van der Waals surface area contributed by atoms with Gasteiger partial charge in [0.1, 0.15) is 0 Å². The number of carbonyl (C=O) groups is 1. The van der Waals surface area contributed by atoms with E-state index >= 15 is 0 Å². The zero-order valence-corrected chi connectivity index (χ0v) is 19.8. The lowest BCUT2D eigenvalue weighted by atomic mass is 9.92. The van der Waals surface area contributed by atoms with Crippen molar-refractivity contribution in [2.75, 3.05) is 38.7 Å². The SMILES string of the molecule is COCCNS(=O)(=O)c1ccc(C(=O)Nc2nc(CN3C[C@H](C)C[C@H](C)C3)cs2)cc1. The van der Waals surface area contributed by atoms with Crippen molar-refractivity contribution in [1.29, 1.82) is 0 Å². The molecule has 0 radical (unpaired) electrons. The molecule has 1 aromatic carbocycles. The van der Waals surface area contributed by atoms with Gasteiger partial charge in [-0.1, -0.05) is 13.8 Å². The number of nitrogens with zero attached hydrogens (tertiary/aromatic N) is 2. The smallest absolute Gasteiger partial charge is 0.257 e. The molecular formula is C21H30N4O4S2. The normalized spacial score (nSPS) is 20.0. The molecule has 0 aliphatic carbocycles. The molecule has 1 fully saturated rings. The Labute approximate surface area is 188 Å². The summed E-state index contributed by atoms with van der Waals surface area (Å²) in [4.78, 5) is 19.6. The van der Waals surface area contributed by atoms with Gasteiger partial charge in [-0.05, 0) is 42.5 Å². The van der Waals surface area contributed by atoms with Gasteiger partial charge in [0.25, 0.3) is 5.91 Å². The van der Waals surface area contributed by atoms with Gasteiger partial charge in [0.2, 0.25) is 10.0 Å². The second-order valence-corrected chi connectivity index (χ2v) is 10.8. The second kappa shape index (κ2) is 10.6. The van der Waals surface area contributed by atoms with E-state index in [1.54, 1.807) is 0 Å². The highest BCUT2D eigenvalue weighted by Gasteiger charge is 2.22. The highest BCUT2D eigenvalue weighted by molar-refractivity contribution is 7.89. The quantitative estimate of drug-likeness (QED) is 0.551. The minimum Gasteiger partial charge on any atom is -0.383 e. The van der Waals surface area contributed by atoms with E-state index in [1.807, 2.05) is 5.38 Å². The number of hydrogen-bond donors (Lipinski definition) is 2. The molecule has 2 heterocycles. The number of anilines is 1. The maximum Gasteiger partial charge on any atom is 0.257 e. The average molecular weight is 467 g/mol. The second-order valence-electron chi connectivity index (χ2n) is 8.15. The van der Waals surface area contributed by atoms with E-state index in [-0.39, 0.29) is 24.0 Å². The number of piperidine rings is 1. The molecule has 8 nitrogen and oxygen atoms in total. The molecule has 0 bridgehead atoms. The van der Waals surface area contributed by atoms with Crippen LogP contribution in [0, 0.1) is 11.8 Å². The molecule has 31 heavy (non-hydrogen) atoms. The van der Waals surface area contributed by atoms with Crippen molar-refractivity contribution in [3.05, 3.63) is 40.9 Å². The third-order valence-corrected chi connectivity index (χ3v) is 7.41. The fourth-order valence-corrected chi connectivity index (χ4v) is 5.61. The standard InChI is InChI=1S/C21H30N4O4S2/c1-15-10-16(2)12-25(11-15)13-18-14-30-21(23-18)24-20(26)17-4-6-19(7-5-17)31(27,28)22-8-9-29-3/h4-7,14-16,22H,8-13H2,1-3H3,(H,23,24,26)/t15-,16+. The Morgan fingerprint density at radius 3 is 2.55 bits per heavy atom. The summed E-state index contributed by atoms with van der Waals surface area (Å²) >= 11 is 1.39. The van der Waals surface area contributed by atoms with Crippen molar-refractivity contribution in [2.45, 2.75) is 31.7 Å². The first-order chi connectivity index (χ1) is 14.8. The van der Waals surface area contributed by atoms with Crippen LogP contribution in [-0.4, -0.2) is 57.6 Å². The lowest BCUT2D eigenvalue weighted by Crippen LogP contribution is -2.38. The number of thiazole rings is 1. The predicted molar refractivity (Wildman–Crippen MR) is 122 cm³/mol.